The first-order valence-electron chi connectivity index (χ1n) is 8.62. The Morgan fingerprint density at radius 2 is 1.80 bits per heavy atom. The van der Waals surface area contributed by atoms with Gasteiger partial charge in [-0.1, -0.05) is 6.07 Å². The zero-order valence-electron chi connectivity index (χ0n) is 15.7. The van der Waals surface area contributed by atoms with Crippen LogP contribution in [-0.2, 0) is 10.0 Å². The third-order valence-corrected chi connectivity index (χ3v) is 6.01. The summed E-state index contributed by atoms with van der Waals surface area (Å²) in [5, 5.41) is 3.04. The summed E-state index contributed by atoms with van der Waals surface area (Å²) in [6.07, 6.45) is 1.82. The molecule has 2 rings (SSSR count). The van der Waals surface area contributed by atoms with Gasteiger partial charge in [-0.2, -0.15) is 0 Å². The van der Waals surface area contributed by atoms with Gasteiger partial charge in [0.25, 0.3) is 5.91 Å². The van der Waals surface area contributed by atoms with E-state index >= 15 is 0 Å². The van der Waals surface area contributed by atoms with E-state index in [4.69, 9.17) is 0 Å². The zero-order chi connectivity index (χ0) is 18.8. The Kier molecular flexibility index (Phi) is 5.91. The number of sulfonamides is 1. The van der Waals surface area contributed by atoms with Gasteiger partial charge in [-0.05, 0) is 78.4 Å². The van der Waals surface area contributed by atoms with E-state index in [0.29, 0.717) is 5.56 Å². The Hall–Kier alpha value is -1.44. The maximum atomic E-state index is 12.6. The van der Waals surface area contributed by atoms with Gasteiger partial charge in [0, 0.05) is 17.1 Å². The van der Waals surface area contributed by atoms with Gasteiger partial charge >= 0.3 is 0 Å². The Morgan fingerprint density at radius 3 is 2.36 bits per heavy atom. The molecule has 6 nitrogen and oxygen atoms in total. The van der Waals surface area contributed by atoms with Crippen LogP contribution in [-0.4, -0.2) is 50.9 Å². The molecular weight excluding hydrogens is 338 g/mol. The fourth-order valence-corrected chi connectivity index (χ4v) is 4.34. The molecule has 0 aromatic heterocycles. The molecule has 1 aliphatic heterocycles. The van der Waals surface area contributed by atoms with E-state index in [1.165, 1.54) is 12.1 Å². The van der Waals surface area contributed by atoms with E-state index < -0.39 is 15.6 Å². The second-order valence-electron chi connectivity index (χ2n) is 7.88. The first-order valence-corrected chi connectivity index (χ1v) is 10.1. The largest absolute Gasteiger partial charge is 0.349 e. The molecule has 1 heterocycles. The standard InChI is InChI=1S/C18H29N3O3S/c1-13-6-7-15(25(23,24)20-18(2,3)4)12-16(13)17(22)19-14-8-10-21(5)11-9-14/h6-7,12,14,20H,8-11H2,1-5H3,(H,19,22). The first-order chi connectivity index (χ1) is 11.5. The molecule has 1 aromatic rings. The number of amides is 1. The Labute approximate surface area is 151 Å². The number of rotatable bonds is 4. The van der Waals surface area contributed by atoms with Crippen molar-refractivity contribution >= 4 is 15.9 Å². The molecule has 0 aliphatic carbocycles. The summed E-state index contributed by atoms with van der Waals surface area (Å²) in [5.41, 5.74) is 0.594. The van der Waals surface area contributed by atoms with Crippen molar-refractivity contribution in [1.29, 1.82) is 0 Å². The number of nitrogens with zero attached hydrogens (tertiary/aromatic N) is 1. The smallest absolute Gasteiger partial charge is 0.251 e. The van der Waals surface area contributed by atoms with Gasteiger partial charge in [-0.15, -0.1) is 0 Å². The molecule has 7 heteroatoms. The summed E-state index contributed by atoms with van der Waals surface area (Å²) in [6, 6.07) is 4.82. The summed E-state index contributed by atoms with van der Waals surface area (Å²) >= 11 is 0. The predicted molar refractivity (Wildman–Crippen MR) is 99.2 cm³/mol. The lowest BCUT2D eigenvalue weighted by molar-refractivity contribution is 0.0916. The number of carbonyl (C=O) groups is 1. The Morgan fingerprint density at radius 1 is 1.20 bits per heavy atom. The lowest BCUT2D eigenvalue weighted by atomic mass is 10.0. The average Bonchev–Trinajstić information content (AvgIpc) is 2.47. The minimum Gasteiger partial charge on any atom is -0.349 e. The molecule has 0 radical (unpaired) electrons. The predicted octanol–water partition coefficient (Wildman–Crippen LogP) is 1.90. The van der Waals surface area contributed by atoms with Crippen molar-refractivity contribution in [3.63, 3.8) is 0 Å². The Balaban J connectivity index is 2.19. The van der Waals surface area contributed by atoms with E-state index in [2.05, 4.69) is 22.0 Å². The quantitative estimate of drug-likeness (QED) is 0.852. The lowest BCUT2D eigenvalue weighted by Gasteiger charge is -2.29. The molecule has 1 aromatic carbocycles. The van der Waals surface area contributed by atoms with Crippen LogP contribution in [0.25, 0.3) is 0 Å². The van der Waals surface area contributed by atoms with Gasteiger partial charge in [-0.3, -0.25) is 4.79 Å². The van der Waals surface area contributed by atoms with Crippen molar-refractivity contribution in [2.45, 2.75) is 57.0 Å². The highest BCUT2D eigenvalue weighted by molar-refractivity contribution is 7.89. The fourth-order valence-electron chi connectivity index (χ4n) is 2.89. The molecule has 0 bridgehead atoms. The summed E-state index contributed by atoms with van der Waals surface area (Å²) in [5.74, 6) is -0.208. The molecule has 1 aliphatic rings. The van der Waals surface area contributed by atoms with E-state index in [9.17, 15) is 13.2 Å². The minimum atomic E-state index is -3.67. The minimum absolute atomic E-state index is 0.113. The molecular formula is C18H29N3O3S. The van der Waals surface area contributed by atoms with Crippen molar-refractivity contribution in [3.05, 3.63) is 29.3 Å². The van der Waals surface area contributed by atoms with Crippen molar-refractivity contribution in [3.8, 4) is 0 Å². The van der Waals surface area contributed by atoms with Crippen LogP contribution in [0.15, 0.2) is 23.1 Å². The maximum Gasteiger partial charge on any atom is 0.251 e. The molecule has 0 saturated carbocycles. The number of nitrogens with one attached hydrogen (secondary N) is 2. The number of hydrogen-bond acceptors (Lipinski definition) is 4. The molecule has 0 atom stereocenters. The van der Waals surface area contributed by atoms with E-state index in [-0.39, 0.29) is 16.8 Å². The summed E-state index contributed by atoms with van der Waals surface area (Å²) in [6.45, 7) is 9.07. The number of piperidine rings is 1. The van der Waals surface area contributed by atoms with Gasteiger partial charge < -0.3 is 10.2 Å². The van der Waals surface area contributed by atoms with Crippen LogP contribution in [0, 0.1) is 6.92 Å². The molecule has 1 amide bonds. The van der Waals surface area contributed by atoms with Crippen LogP contribution in [0.3, 0.4) is 0 Å². The van der Waals surface area contributed by atoms with Crippen LogP contribution in [0.5, 0.6) is 0 Å². The normalized spacial score (nSPS) is 17.5. The molecule has 0 unspecified atom stereocenters. The maximum absolute atomic E-state index is 12.6. The third-order valence-electron chi connectivity index (χ3n) is 4.26. The summed E-state index contributed by atoms with van der Waals surface area (Å²) < 4.78 is 27.6. The summed E-state index contributed by atoms with van der Waals surface area (Å²) in [4.78, 5) is 15.0. The van der Waals surface area contributed by atoms with Crippen molar-refractivity contribution in [1.82, 2.24) is 14.9 Å². The number of benzene rings is 1. The lowest BCUT2D eigenvalue weighted by Crippen LogP contribution is -2.43. The van der Waals surface area contributed by atoms with E-state index in [0.717, 1.165) is 31.5 Å². The third kappa shape index (κ3) is 5.52. The summed E-state index contributed by atoms with van der Waals surface area (Å²) in [7, 11) is -1.60. The molecule has 2 N–H and O–H groups in total. The van der Waals surface area contributed by atoms with Crippen LogP contribution >= 0.6 is 0 Å². The molecule has 25 heavy (non-hydrogen) atoms. The molecule has 1 saturated heterocycles. The van der Waals surface area contributed by atoms with Gasteiger partial charge in [0.05, 0.1) is 4.90 Å². The number of likely N-dealkylation sites (tertiary alicyclic amines) is 1. The fraction of sp³-hybridized carbons (Fsp3) is 0.611. The van der Waals surface area contributed by atoms with Gasteiger partial charge in [0.2, 0.25) is 10.0 Å². The van der Waals surface area contributed by atoms with Crippen LogP contribution in [0.2, 0.25) is 0 Å². The average molecular weight is 368 g/mol. The second kappa shape index (κ2) is 7.43. The van der Waals surface area contributed by atoms with Gasteiger partial charge in [0.1, 0.15) is 0 Å². The van der Waals surface area contributed by atoms with Crippen molar-refractivity contribution in [2.24, 2.45) is 0 Å². The van der Waals surface area contributed by atoms with Crippen LogP contribution in [0.1, 0.15) is 49.5 Å². The van der Waals surface area contributed by atoms with Gasteiger partial charge in [0.15, 0.2) is 0 Å². The molecule has 1 fully saturated rings. The zero-order valence-corrected chi connectivity index (χ0v) is 16.5. The second-order valence-corrected chi connectivity index (χ2v) is 9.57. The number of aryl methyl sites for hydroxylation is 1. The monoisotopic (exact) mass is 367 g/mol. The molecule has 0 spiro atoms. The van der Waals surface area contributed by atoms with Crippen LogP contribution < -0.4 is 10.0 Å². The van der Waals surface area contributed by atoms with Crippen molar-refractivity contribution < 1.29 is 13.2 Å². The highest BCUT2D eigenvalue weighted by Crippen LogP contribution is 2.18. The van der Waals surface area contributed by atoms with Crippen molar-refractivity contribution in [2.75, 3.05) is 20.1 Å². The highest BCUT2D eigenvalue weighted by Gasteiger charge is 2.24. The topological polar surface area (TPSA) is 78.5 Å². The number of carbonyl (C=O) groups excluding carboxylic acids is 1. The molecule has 140 valence electrons. The highest BCUT2D eigenvalue weighted by atomic mass is 32.2. The SMILES string of the molecule is Cc1ccc(S(=O)(=O)NC(C)(C)C)cc1C(=O)NC1CCN(C)CC1. The van der Waals surface area contributed by atoms with Gasteiger partial charge in [-0.25, -0.2) is 13.1 Å². The van der Waals surface area contributed by atoms with E-state index in [1.54, 1.807) is 26.8 Å². The first kappa shape index (κ1) is 19.9. The Bertz CT molecular complexity index is 730. The van der Waals surface area contributed by atoms with E-state index in [1.807, 2.05) is 6.92 Å². The van der Waals surface area contributed by atoms with Crippen LogP contribution in [0.4, 0.5) is 0 Å². The number of hydrogen-bond donors (Lipinski definition) is 2.